The van der Waals surface area contributed by atoms with Crippen LogP contribution >= 0.6 is 0 Å². The Bertz CT molecular complexity index is 801. The van der Waals surface area contributed by atoms with Crippen LogP contribution in [0, 0.1) is 0 Å². The molecule has 0 aliphatic heterocycles. The molecule has 0 fully saturated rings. The predicted molar refractivity (Wildman–Crippen MR) is 99.5 cm³/mol. The molecule has 3 nitrogen and oxygen atoms in total. The van der Waals surface area contributed by atoms with Crippen LogP contribution in [0.15, 0.2) is 84.9 Å². The second-order valence-electron chi connectivity index (χ2n) is 5.82. The van der Waals surface area contributed by atoms with Crippen LogP contribution in [0.25, 0.3) is 0 Å². The molecule has 3 aromatic carbocycles. The van der Waals surface area contributed by atoms with Crippen LogP contribution in [0.1, 0.15) is 16.7 Å². The number of amides is 1. The van der Waals surface area contributed by atoms with E-state index in [4.69, 9.17) is 4.74 Å². The number of carbonyl (C=O) groups excluding carboxylic acids is 1. The molecule has 3 heteroatoms. The van der Waals surface area contributed by atoms with Gasteiger partial charge in [0.2, 0.25) is 0 Å². The summed E-state index contributed by atoms with van der Waals surface area (Å²) in [6.45, 7) is 0.521. The highest BCUT2D eigenvalue weighted by Gasteiger charge is 2.07. The molecule has 1 N–H and O–H groups in total. The third-order valence-electron chi connectivity index (χ3n) is 3.90. The number of nitrogens with one attached hydrogen (secondary N) is 1. The summed E-state index contributed by atoms with van der Waals surface area (Å²) in [5, 5.41) is 2.87. The Morgan fingerprint density at radius 3 is 2.08 bits per heavy atom. The van der Waals surface area contributed by atoms with Crippen LogP contribution < -0.4 is 10.1 Å². The van der Waals surface area contributed by atoms with Crippen LogP contribution in [0.4, 0.5) is 0 Å². The normalized spacial score (nSPS) is 10.2. The largest absolute Gasteiger partial charge is 0.483 e. The Hall–Kier alpha value is -3.07. The lowest BCUT2D eigenvalue weighted by molar-refractivity contribution is -0.123. The number of benzene rings is 3. The zero-order chi connectivity index (χ0) is 17.3. The summed E-state index contributed by atoms with van der Waals surface area (Å²) in [5.41, 5.74) is 3.36. The van der Waals surface area contributed by atoms with Crippen molar-refractivity contribution in [3.8, 4) is 5.75 Å². The number of rotatable bonds is 7. The van der Waals surface area contributed by atoms with Gasteiger partial charge in [-0.15, -0.1) is 0 Å². The maximum Gasteiger partial charge on any atom is 0.258 e. The molecule has 0 aliphatic carbocycles. The molecule has 0 aliphatic rings. The Labute approximate surface area is 148 Å². The average Bonchev–Trinajstić information content (AvgIpc) is 2.67. The van der Waals surface area contributed by atoms with Gasteiger partial charge in [-0.1, -0.05) is 78.9 Å². The Kier molecular flexibility index (Phi) is 5.83. The lowest BCUT2D eigenvalue weighted by atomic mass is 10.0. The number of hydrogen-bond acceptors (Lipinski definition) is 2. The van der Waals surface area contributed by atoms with E-state index in [2.05, 4.69) is 17.4 Å². The zero-order valence-corrected chi connectivity index (χ0v) is 14.0. The first kappa shape index (κ1) is 16.8. The van der Waals surface area contributed by atoms with E-state index in [1.54, 1.807) is 0 Å². The summed E-state index contributed by atoms with van der Waals surface area (Å²) in [4.78, 5) is 12.0. The van der Waals surface area contributed by atoms with E-state index in [-0.39, 0.29) is 12.5 Å². The minimum Gasteiger partial charge on any atom is -0.483 e. The molecule has 0 heterocycles. The Morgan fingerprint density at radius 1 is 0.760 bits per heavy atom. The maximum absolute atomic E-state index is 12.0. The number of carbonyl (C=O) groups is 1. The monoisotopic (exact) mass is 331 g/mol. The predicted octanol–water partition coefficient (Wildman–Crippen LogP) is 3.97. The van der Waals surface area contributed by atoms with E-state index in [1.165, 1.54) is 5.56 Å². The second-order valence-corrected chi connectivity index (χ2v) is 5.82. The molecular weight excluding hydrogens is 310 g/mol. The molecule has 3 rings (SSSR count). The molecule has 0 radical (unpaired) electrons. The first-order valence-corrected chi connectivity index (χ1v) is 8.36. The molecule has 0 saturated carbocycles. The number of para-hydroxylation sites is 1. The molecular formula is C22H21NO2. The molecule has 0 saturated heterocycles. The van der Waals surface area contributed by atoms with Crippen molar-refractivity contribution < 1.29 is 9.53 Å². The zero-order valence-electron chi connectivity index (χ0n) is 14.0. The van der Waals surface area contributed by atoms with Crippen molar-refractivity contribution in [2.75, 3.05) is 6.61 Å². The second kappa shape index (κ2) is 8.69. The van der Waals surface area contributed by atoms with Crippen LogP contribution in [-0.4, -0.2) is 12.5 Å². The summed E-state index contributed by atoms with van der Waals surface area (Å²) in [7, 11) is 0. The molecule has 0 spiro atoms. The van der Waals surface area contributed by atoms with Gasteiger partial charge in [-0.2, -0.15) is 0 Å². The third-order valence-corrected chi connectivity index (χ3v) is 3.90. The molecule has 0 aromatic heterocycles. The van der Waals surface area contributed by atoms with Crippen LogP contribution in [0.2, 0.25) is 0 Å². The van der Waals surface area contributed by atoms with Gasteiger partial charge < -0.3 is 10.1 Å². The fourth-order valence-corrected chi connectivity index (χ4v) is 2.60. The number of ether oxygens (including phenoxy) is 1. The minimum absolute atomic E-state index is 0.0125. The van der Waals surface area contributed by atoms with E-state index in [0.717, 1.165) is 23.3 Å². The molecule has 0 bridgehead atoms. The summed E-state index contributed by atoms with van der Waals surface area (Å²) in [6.07, 6.45) is 0.780. The van der Waals surface area contributed by atoms with Crippen LogP contribution in [-0.2, 0) is 17.8 Å². The Balaban J connectivity index is 1.55. The van der Waals surface area contributed by atoms with Gasteiger partial charge in [-0.3, -0.25) is 4.79 Å². The summed E-state index contributed by atoms with van der Waals surface area (Å²) in [6, 6.07) is 27.9. The first-order valence-electron chi connectivity index (χ1n) is 8.36. The fraction of sp³-hybridized carbons (Fsp3) is 0.136. The molecule has 0 unspecified atom stereocenters. The average molecular weight is 331 g/mol. The van der Waals surface area contributed by atoms with E-state index < -0.39 is 0 Å². The van der Waals surface area contributed by atoms with Gasteiger partial charge in [0.25, 0.3) is 5.91 Å². The molecule has 1 amide bonds. The molecule has 0 atom stereocenters. The highest BCUT2D eigenvalue weighted by molar-refractivity contribution is 5.77. The summed E-state index contributed by atoms with van der Waals surface area (Å²) in [5.74, 6) is 0.625. The van der Waals surface area contributed by atoms with E-state index in [9.17, 15) is 4.79 Å². The van der Waals surface area contributed by atoms with Crippen molar-refractivity contribution in [1.29, 1.82) is 0 Å². The van der Waals surface area contributed by atoms with Gasteiger partial charge in [-0.25, -0.2) is 0 Å². The smallest absolute Gasteiger partial charge is 0.258 e. The van der Waals surface area contributed by atoms with E-state index >= 15 is 0 Å². The summed E-state index contributed by atoms with van der Waals surface area (Å²) >= 11 is 0. The van der Waals surface area contributed by atoms with Crippen molar-refractivity contribution in [2.24, 2.45) is 0 Å². The molecule has 126 valence electrons. The van der Waals surface area contributed by atoms with Gasteiger partial charge in [0, 0.05) is 13.0 Å². The van der Waals surface area contributed by atoms with Crippen molar-refractivity contribution in [2.45, 2.75) is 13.0 Å². The minimum atomic E-state index is -0.127. The lowest BCUT2D eigenvalue weighted by Gasteiger charge is -2.12. The van der Waals surface area contributed by atoms with Gasteiger partial charge in [0.1, 0.15) is 5.75 Å². The topological polar surface area (TPSA) is 38.3 Å². The molecule has 3 aromatic rings. The summed E-state index contributed by atoms with van der Waals surface area (Å²) < 4.78 is 5.75. The maximum atomic E-state index is 12.0. The van der Waals surface area contributed by atoms with Crippen LogP contribution in [0.5, 0.6) is 5.75 Å². The Morgan fingerprint density at radius 2 is 1.36 bits per heavy atom. The van der Waals surface area contributed by atoms with E-state index in [0.29, 0.717) is 6.54 Å². The fourth-order valence-electron chi connectivity index (χ4n) is 2.60. The standard InChI is InChI=1S/C22H21NO2/c24-22(23-16-19-11-5-2-6-12-19)17-25-21-14-8-7-13-20(21)15-18-9-3-1-4-10-18/h1-14H,15-17H2,(H,23,24). The van der Waals surface area contributed by atoms with Gasteiger partial charge in [0.15, 0.2) is 6.61 Å². The lowest BCUT2D eigenvalue weighted by Crippen LogP contribution is -2.28. The van der Waals surface area contributed by atoms with Crippen molar-refractivity contribution in [1.82, 2.24) is 5.32 Å². The quantitative estimate of drug-likeness (QED) is 0.711. The first-order chi connectivity index (χ1) is 12.3. The third kappa shape index (κ3) is 5.21. The van der Waals surface area contributed by atoms with Gasteiger partial charge in [0.05, 0.1) is 0 Å². The van der Waals surface area contributed by atoms with Crippen LogP contribution in [0.3, 0.4) is 0 Å². The number of hydrogen-bond donors (Lipinski definition) is 1. The van der Waals surface area contributed by atoms with Crippen molar-refractivity contribution >= 4 is 5.91 Å². The van der Waals surface area contributed by atoms with E-state index in [1.807, 2.05) is 72.8 Å². The van der Waals surface area contributed by atoms with Crippen molar-refractivity contribution in [3.05, 3.63) is 102 Å². The molecule has 25 heavy (non-hydrogen) atoms. The SMILES string of the molecule is O=C(COc1ccccc1Cc1ccccc1)NCc1ccccc1. The highest BCUT2D eigenvalue weighted by atomic mass is 16.5. The van der Waals surface area contributed by atoms with Gasteiger partial charge in [-0.05, 0) is 22.8 Å². The van der Waals surface area contributed by atoms with Gasteiger partial charge >= 0.3 is 0 Å². The highest BCUT2D eigenvalue weighted by Crippen LogP contribution is 2.21. The van der Waals surface area contributed by atoms with Crippen molar-refractivity contribution in [3.63, 3.8) is 0 Å².